The quantitative estimate of drug-likeness (QED) is 0.413. The fraction of sp³-hybridized carbons (Fsp3) is 0.375. The SMILES string of the molecule is CNCc1ccccc1CN(CC(=O)Nc1ccc2c(c1)CC1(C2)C(=O)Nc2ncccc21)C(=O)N1CCCCC1. The van der Waals surface area contributed by atoms with Crippen molar-refractivity contribution in [2.24, 2.45) is 0 Å². The average molecular weight is 553 g/mol. The second kappa shape index (κ2) is 11.3. The number of hydrogen-bond donors (Lipinski definition) is 3. The number of aromatic nitrogens is 1. The van der Waals surface area contributed by atoms with Crippen LogP contribution in [0.25, 0.3) is 0 Å². The van der Waals surface area contributed by atoms with Crippen molar-refractivity contribution in [2.75, 3.05) is 37.3 Å². The third-order valence-electron chi connectivity index (χ3n) is 8.54. The van der Waals surface area contributed by atoms with E-state index < -0.39 is 5.41 Å². The summed E-state index contributed by atoms with van der Waals surface area (Å²) in [5.74, 6) is 0.356. The van der Waals surface area contributed by atoms with Gasteiger partial charge < -0.3 is 25.8 Å². The van der Waals surface area contributed by atoms with Crippen LogP contribution in [0.3, 0.4) is 0 Å². The first-order valence-corrected chi connectivity index (χ1v) is 14.4. The molecule has 9 nitrogen and oxygen atoms in total. The zero-order valence-electron chi connectivity index (χ0n) is 23.4. The van der Waals surface area contributed by atoms with Gasteiger partial charge >= 0.3 is 6.03 Å². The molecule has 9 heteroatoms. The average Bonchev–Trinajstić information content (AvgIpc) is 3.50. The monoisotopic (exact) mass is 552 g/mol. The number of nitrogens with zero attached hydrogens (tertiary/aromatic N) is 3. The Hall–Kier alpha value is -4.24. The lowest BCUT2D eigenvalue weighted by Crippen LogP contribution is -2.47. The van der Waals surface area contributed by atoms with Gasteiger partial charge in [-0.2, -0.15) is 0 Å². The molecule has 2 aromatic carbocycles. The van der Waals surface area contributed by atoms with Crippen molar-refractivity contribution < 1.29 is 14.4 Å². The van der Waals surface area contributed by atoms with Gasteiger partial charge in [-0.15, -0.1) is 0 Å². The van der Waals surface area contributed by atoms with Gasteiger partial charge in [0.05, 0.1) is 5.41 Å². The highest BCUT2D eigenvalue weighted by molar-refractivity contribution is 6.06. The third-order valence-corrected chi connectivity index (χ3v) is 8.54. The zero-order chi connectivity index (χ0) is 28.4. The molecule has 212 valence electrons. The lowest BCUT2D eigenvalue weighted by molar-refractivity contribution is -0.120. The van der Waals surface area contributed by atoms with Crippen LogP contribution >= 0.6 is 0 Å². The smallest absolute Gasteiger partial charge is 0.320 e. The first kappa shape index (κ1) is 27.0. The summed E-state index contributed by atoms with van der Waals surface area (Å²) >= 11 is 0. The Morgan fingerprint density at radius 2 is 1.78 bits per heavy atom. The van der Waals surface area contributed by atoms with E-state index in [4.69, 9.17) is 0 Å². The van der Waals surface area contributed by atoms with Gasteiger partial charge in [0.1, 0.15) is 12.4 Å². The number of carbonyl (C=O) groups is 3. The minimum absolute atomic E-state index is 0.0293. The normalized spacial score (nSPS) is 19.0. The van der Waals surface area contributed by atoms with E-state index in [2.05, 4.69) is 20.9 Å². The maximum atomic E-state index is 13.6. The number of nitrogens with one attached hydrogen (secondary N) is 3. The number of amides is 4. The minimum Gasteiger partial charge on any atom is -0.325 e. The summed E-state index contributed by atoms with van der Waals surface area (Å²) in [4.78, 5) is 47.9. The number of carbonyl (C=O) groups excluding carboxylic acids is 3. The number of pyridine rings is 1. The Morgan fingerprint density at radius 3 is 2.59 bits per heavy atom. The molecule has 2 aliphatic heterocycles. The summed E-state index contributed by atoms with van der Waals surface area (Å²) in [7, 11) is 1.90. The Labute approximate surface area is 240 Å². The third kappa shape index (κ3) is 5.29. The number of likely N-dealkylation sites (tertiary alicyclic amines) is 1. The highest BCUT2D eigenvalue weighted by atomic mass is 16.2. The van der Waals surface area contributed by atoms with Gasteiger partial charge in [0.25, 0.3) is 0 Å². The minimum atomic E-state index is -0.660. The topological polar surface area (TPSA) is 107 Å². The number of urea groups is 1. The Kier molecular flexibility index (Phi) is 7.45. The molecule has 3 N–H and O–H groups in total. The molecule has 3 heterocycles. The van der Waals surface area contributed by atoms with Crippen LogP contribution in [0.15, 0.2) is 60.8 Å². The van der Waals surface area contributed by atoms with E-state index in [9.17, 15) is 14.4 Å². The molecule has 1 aliphatic carbocycles. The second-order valence-electron chi connectivity index (χ2n) is 11.3. The van der Waals surface area contributed by atoms with Crippen molar-refractivity contribution in [1.82, 2.24) is 20.1 Å². The Balaban J connectivity index is 1.18. The van der Waals surface area contributed by atoms with E-state index in [0.717, 1.165) is 47.1 Å². The fourth-order valence-electron chi connectivity index (χ4n) is 6.48. The maximum absolute atomic E-state index is 13.6. The van der Waals surface area contributed by atoms with Gasteiger partial charge in [0.2, 0.25) is 11.8 Å². The van der Waals surface area contributed by atoms with Crippen LogP contribution < -0.4 is 16.0 Å². The highest BCUT2D eigenvalue weighted by Gasteiger charge is 2.51. The van der Waals surface area contributed by atoms with Gasteiger partial charge in [-0.25, -0.2) is 9.78 Å². The van der Waals surface area contributed by atoms with Crippen molar-refractivity contribution >= 4 is 29.4 Å². The van der Waals surface area contributed by atoms with E-state index in [1.807, 2.05) is 66.5 Å². The van der Waals surface area contributed by atoms with Crippen molar-refractivity contribution in [3.63, 3.8) is 0 Å². The van der Waals surface area contributed by atoms with Crippen LogP contribution in [0, 0.1) is 0 Å². The molecule has 0 saturated carbocycles. The Bertz CT molecular complexity index is 1480. The largest absolute Gasteiger partial charge is 0.325 e. The maximum Gasteiger partial charge on any atom is 0.320 e. The van der Waals surface area contributed by atoms with Gasteiger partial charge in [-0.05, 0) is 79.6 Å². The molecule has 1 spiro atoms. The number of piperidine rings is 1. The van der Waals surface area contributed by atoms with Gasteiger partial charge in [0.15, 0.2) is 0 Å². The molecule has 0 radical (unpaired) electrons. The molecule has 1 atom stereocenters. The van der Waals surface area contributed by atoms with E-state index in [1.54, 1.807) is 11.1 Å². The predicted octanol–water partition coefficient (Wildman–Crippen LogP) is 3.84. The summed E-state index contributed by atoms with van der Waals surface area (Å²) < 4.78 is 0. The number of fused-ring (bicyclic) bond motifs is 3. The van der Waals surface area contributed by atoms with Crippen LogP contribution in [-0.4, -0.2) is 59.3 Å². The first-order valence-electron chi connectivity index (χ1n) is 14.4. The summed E-state index contributed by atoms with van der Waals surface area (Å²) in [6, 6.07) is 17.6. The number of rotatable bonds is 7. The lowest BCUT2D eigenvalue weighted by atomic mass is 9.79. The van der Waals surface area contributed by atoms with Crippen LogP contribution in [0.4, 0.5) is 16.3 Å². The van der Waals surface area contributed by atoms with Gasteiger partial charge in [-0.1, -0.05) is 36.4 Å². The molecular weight excluding hydrogens is 516 g/mol. The Morgan fingerprint density at radius 1 is 1.00 bits per heavy atom. The molecule has 6 rings (SSSR count). The molecule has 3 aromatic rings. The molecule has 4 amide bonds. The van der Waals surface area contributed by atoms with Crippen molar-refractivity contribution in [1.29, 1.82) is 0 Å². The predicted molar refractivity (Wildman–Crippen MR) is 157 cm³/mol. The van der Waals surface area contributed by atoms with Gasteiger partial charge in [0, 0.05) is 43.6 Å². The van der Waals surface area contributed by atoms with Crippen molar-refractivity contribution in [3.05, 3.63) is 88.6 Å². The summed E-state index contributed by atoms with van der Waals surface area (Å²) in [5.41, 5.74) is 5.19. The molecule has 1 saturated heterocycles. The standard InChI is InChI=1S/C32H36N6O3/c1-33-19-23-8-3-4-9-24(23)20-38(31(41)37-14-5-2-6-15-37)21-28(39)35-26-12-11-22-17-32(18-25(22)16-26)27-10-7-13-34-29(27)36-30(32)40/h3-4,7-13,16,33H,2,5-6,14-15,17-21H2,1H3,(H,35,39)(H,34,36,40). The summed E-state index contributed by atoms with van der Waals surface area (Å²) in [5, 5.41) is 9.14. The molecule has 41 heavy (non-hydrogen) atoms. The summed E-state index contributed by atoms with van der Waals surface area (Å²) in [6.07, 6.45) is 5.93. The fourth-order valence-corrected chi connectivity index (χ4v) is 6.48. The van der Waals surface area contributed by atoms with Crippen LogP contribution in [0.5, 0.6) is 0 Å². The molecular formula is C32H36N6O3. The molecule has 1 unspecified atom stereocenters. The highest BCUT2D eigenvalue weighted by Crippen LogP contribution is 2.46. The molecule has 1 aromatic heterocycles. The van der Waals surface area contributed by atoms with Crippen molar-refractivity contribution in [2.45, 2.75) is 50.6 Å². The lowest BCUT2D eigenvalue weighted by Gasteiger charge is -2.33. The van der Waals surface area contributed by atoms with E-state index >= 15 is 0 Å². The van der Waals surface area contributed by atoms with Crippen LogP contribution in [0.1, 0.15) is 47.1 Å². The molecule has 3 aliphatic rings. The van der Waals surface area contributed by atoms with E-state index in [0.29, 0.717) is 50.5 Å². The molecule has 0 bridgehead atoms. The van der Waals surface area contributed by atoms with Crippen LogP contribution in [0.2, 0.25) is 0 Å². The molecule has 1 fully saturated rings. The summed E-state index contributed by atoms with van der Waals surface area (Å²) in [6.45, 7) is 2.42. The number of hydrogen-bond acceptors (Lipinski definition) is 5. The van der Waals surface area contributed by atoms with E-state index in [1.165, 1.54) is 0 Å². The van der Waals surface area contributed by atoms with Crippen LogP contribution in [-0.2, 0) is 40.9 Å². The van der Waals surface area contributed by atoms with Gasteiger partial charge in [-0.3, -0.25) is 9.59 Å². The number of anilines is 2. The van der Waals surface area contributed by atoms with Crippen molar-refractivity contribution in [3.8, 4) is 0 Å². The second-order valence-corrected chi connectivity index (χ2v) is 11.3. The zero-order valence-corrected chi connectivity index (χ0v) is 23.4. The number of benzene rings is 2. The first-order chi connectivity index (χ1) is 20.0. The van der Waals surface area contributed by atoms with E-state index in [-0.39, 0.29) is 24.4 Å².